The molecule has 18 aromatic rings. The van der Waals surface area contributed by atoms with Crippen LogP contribution in [0.3, 0.4) is 0 Å². The minimum absolute atomic E-state index is 0.00774. The molecule has 18 aromatic carbocycles. The summed E-state index contributed by atoms with van der Waals surface area (Å²) in [4.78, 5) is 0. The van der Waals surface area contributed by atoms with Crippen LogP contribution in [-0.2, 0) is 0 Å². The standard InChI is InChI=1S/C44H26.C40H26/c1-2-6-27(7-3-1)34-24-35(37-20-16-32-14-12-28-8-4-10-30-18-22-39(37)43(32)41(28)30)26-36(25-34)38-21-17-33-15-13-29-9-5-11-31-19-23-40(38)44(33)42(29)31;1-2-12-31-26-32(25-22-27(31)10-1)28-20-23-30(24-21-28)39-35-15-5-7-17-37(35)40(38-18-8-6-16-36(38)39)34-19-9-13-29-11-3-4-14-33(29)34/h1-26H;1-26H/i4D,5D,8D,9D,10D,11D,12D,13D,14D,15D,16D,17D,18D,19D,20D,21D,22D,23D;1D,2D,3D,4D,5D,6D,7D,8D,9D,10D,11D,12D,13D,14D,15D,16D,17D,18D,19D,20D,21D,22D,23D,24D,25D,26D. The number of benzene rings is 18. The van der Waals surface area contributed by atoms with Crippen molar-refractivity contribution in [3.8, 4) is 66.8 Å². The highest BCUT2D eigenvalue weighted by Crippen LogP contribution is 2.47. The molecule has 0 amide bonds. The predicted molar refractivity (Wildman–Crippen MR) is 363 cm³/mol. The molecule has 0 atom stereocenters. The second-order valence-electron chi connectivity index (χ2n) is 19.2. The minimum atomic E-state index is -1.07. The summed E-state index contributed by atoms with van der Waals surface area (Å²) in [6.07, 6.45) is 0. The van der Waals surface area contributed by atoms with Gasteiger partial charge in [-0.2, -0.15) is 0 Å². The van der Waals surface area contributed by atoms with E-state index in [9.17, 15) is 20.6 Å². The summed E-state index contributed by atoms with van der Waals surface area (Å²) in [5.41, 5.74) is -3.33. The Bertz CT molecular complexity index is 7940. The molecule has 84 heavy (non-hydrogen) atoms. The fourth-order valence-corrected chi connectivity index (χ4v) is 10.9. The maximum absolute atomic E-state index is 9.48. The average Bonchev–Trinajstić information content (AvgIpc) is 0.690. The Morgan fingerprint density at radius 3 is 1.15 bits per heavy atom. The van der Waals surface area contributed by atoms with Crippen LogP contribution in [0.4, 0.5) is 0 Å². The van der Waals surface area contributed by atoms with Crippen LogP contribution in [0.25, 0.3) is 174 Å². The van der Waals surface area contributed by atoms with Gasteiger partial charge in [-0.3, -0.25) is 0 Å². The van der Waals surface area contributed by atoms with Gasteiger partial charge in [0.1, 0.15) is 0 Å². The van der Waals surface area contributed by atoms with Crippen LogP contribution in [0.1, 0.15) is 60.3 Å². The third-order valence-corrected chi connectivity index (χ3v) is 14.6. The molecule has 0 unspecified atom stereocenters. The minimum Gasteiger partial charge on any atom is -0.0622 e. The molecule has 0 heteroatoms. The highest BCUT2D eigenvalue weighted by atomic mass is 14.2. The summed E-state index contributed by atoms with van der Waals surface area (Å²) in [7, 11) is 0. The molecule has 0 aliphatic heterocycles. The zero-order valence-electron chi connectivity index (χ0n) is 86.6. The van der Waals surface area contributed by atoms with Gasteiger partial charge >= 0.3 is 0 Å². The van der Waals surface area contributed by atoms with Crippen molar-refractivity contribution < 1.29 is 60.3 Å². The van der Waals surface area contributed by atoms with Gasteiger partial charge < -0.3 is 0 Å². The molecule has 388 valence electrons. The van der Waals surface area contributed by atoms with Gasteiger partial charge in [0.15, 0.2) is 0 Å². The summed E-state index contributed by atoms with van der Waals surface area (Å²) >= 11 is 0. The Hall–Kier alpha value is -10.9. The first-order valence-electron chi connectivity index (χ1n) is 47.6. The molecule has 0 heterocycles. The molecule has 18 rings (SSSR count). The van der Waals surface area contributed by atoms with E-state index in [2.05, 4.69) is 0 Å². The SMILES string of the molecule is [2H]c1c([2H])c(-c2c3c([2H])c([2H])c([2H])c([2H])c3c(-c3c([2H])c([2H])c([2H])c4c([2H])c([2H])c([2H])c([2H])c34)c3c([2H])c([2H])c([2H])c([2H])c23)c([2H])c([2H])c1-c1c([2H])c([2H])c2c([2H])c([2H])c([2H])c([2H])c2c1[2H].[2H]c1c([2H])c2c([2H])c([2H])c3c([2H])c([2H])c(-c4cc(-c5ccccc5)cc(-c5c([2H])c([2H])c6c([2H])c([2H])c7c([2H])c([2H])c([2H])c8c([2H])c([2H])c5c6c78)c4)c4c([2H])c([2H])c(c1[2H])c2c34. The summed E-state index contributed by atoms with van der Waals surface area (Å²) < 4.78 is 393. The van der Waals surface area contributed by atoms with Crippen molar-refractivity contribution in [1.82, 2.24) is 0 Å². The van der Waals surface area contributed by atoms with Crippen LogP contribution in [0.2, 0.25) is 0 Å². The van der Waals surface area contributed by atoms with Gasteiger partial charge in [-0.1, -0.05) is 290 Å². The second-order valence-corrected chi connectivity index (χ2v) is 19.2. The highest BCUT2D eigenvalue weighted by Gasteiger charge is 2.20. The van der Waals surface area contributed by atoms with E-state index in [0.29, 0.717) is 11.1 Å². The van der Waals surface area contributed by atoms with Crippen molar-refractivity contribution >= 4 is 108 Å². The van der Waals surface area contributed by atoms with Crippen molar-refractivity contribution in [2.75, 3.05) is 0 Å². The van der Waals surface area contributed by atoms with Gasteiger partial charge in [-0.05, 0) is 199 Å². The van der Waals surface area contributed by atoms with Gasteiger partial charge in [-0.25, -0.2) is 0 Å². The van der Waals surface area contributed by atoms with Crippen LogP contribution in [0.15, 0.2) is 314 Å². The molecular formula is C84H52. The van der Waals surface area contributed by atoms with Gasteiger partial charge in [0.2, 0.25) is 0 Å². The number of hydrogen-bond acceptors (Lipinski definition) is 0. The summed E-state index contributed by atoms with van der Waals surface area (Å²) in [5, 5.41) is -6.73. The van der Waals surface area contributed by atoms with Gasteiger partial charge in [0.05, 0.1) is 60.3 Å². The van der Waals surface area contributed by atoms with Crippen molar-refractivity contribution in [1.29, 1.82) is 0 Å². The lowest BCUT2D eigenvalue weighted by molar-refractivity contribution is 1.59. The first kappa shape index (κ1) is 21.4. The number of hydrogen-bond donors (Lipinski definition) is 0. The average molecular weight is 1110 g/mol. The molecule has 0 aliphatic rings. The number of rotatable bonds is 6. The van der Waals surface area contributed by atoms with Crippen LogP contribution in [0.5, 0.6) is 0 Å². The lowest BCUT2D eigenvalue weighted by atomic mass is 9.84. The van der Waals surface area contributed by atoms with E-state index < -0.39 is 342 Å². The fourth-order valence-electron chi connectivity index (χ4n) is 10.9. The Morgan fingerprint density at radius 2 is 0.583 bits per heavy atom. The van der Waals surface area contributed by atoms with Gasteiger partial charge in [0.25, 0.3) is 0 Å². The van der Waals surface area contributed by atoms with Crippen molar-refractivity contribution in [2.24, 2.45) is 0 Å². The van der Waals surface area contributed by atoms with E-state index in [1.54, 1.807) is 42.5 Å². The zero-order chi connectivity index (χ0) is 93.5. The quantitative estimate of drug-likeness (QED) is 0.115. The maximum atomic E-state index is 9.48. The molecule has 0 radical (unpaired) electrons. The fraction of sp³-hybridized carbons (Fsp3) is 0. The number of fused-ring (bicyclic) bond motifs is 4. The Kier molecular flexibility index (Phi) is 4.95. The van der Waals surface area contributed by atoms with E-state index >= 15 is 0 Å². The third-order valence-electron chi connectivity index (χ3n) is 14.6. The first-order valence-corrected chi connectivity index (χ1v) is 25.6. The molecule has 0 spiro atoms. The van der Waals surface area contributed by atoms with E-state index in [4.69, 9.17) is 39.8 Å². The Labute approximate surface area is 548 Å². The van der Waals surface area contributed by atoms with Crippen molar-refractivity contribution in [3.63, 3.8) is 0 Å². The molecule has 0 saturated heterocycles. The largest absolute Gasteiger partial charge is 0.0636 e. The maximum Gasteiger partial charge on any atom is 0.0636 e. The monoisotopic (exact) mass is 1100 g/mol. The molecule has 0 aromatic heterocycles. The van der Waals surface area contributed by atoms with E-state index in [1.807, 2.05) is 0 Å². The molecule has 0 saturated carbocycles. The first-order chi connectivity index (χ1) is 60.0. The summed E-state index contributed by atoms with van der Waals surface area (Å²) in [6, 6.07) is -19.9. The van der Waals surface area contributed by atoms with E-state index in [1.165, 1.54) is 6.07 Å². The Balaban J connectivity index is 0.000000180. The molecule has 0 bridgehead atoms. The Morgan fingerprint density at radius 1 is 0.190 bits per heavy atom. The zero-order valence-corrected chi connectivity index (χ0v) is 42.6. The van der Waals surface area contributed by atoms with E-state index in [0.717, 1.165) is 0 Å². The summed E-state index contributed by atoms with van der Waals surface area (Å²) in [6.45, 7) is 0. The van der Waals surface area contributed by atoms with Gasteiger partial charge in [0, 0.05) is 0 Å². The second kappa shape index (κ2) is 19.4. The molecule has 0 aliphatic carbocycles. The topological polar surface area (TPSA) is 0 Å². The lowest BCUT2D eigenvalue weighted by Crippen LogP contribution is -1.91. The molecule has 0 nitrogen and oxygen atoms in total. The molecule has 0 fully saturated rings. The summed E-state index contributed by atoms with van der Waals surface area (Å²) in [5.74, 6) is 0. The molecular weight excluding hydrogens is 1010 g/mol. The predicted octanol–water partition coefficient (Wildman–Crippen LogP) is 23.8. The van der Waals surface area contributed by atoms with Crippen LogP contribution >= 0.6 is 0 Å². The van der Waals surface area contributed by atoms with Crippen LogP contribution in [0, 0.1) is 0 Å². The lowest BCUT2D eigenvalue weighted by Gasteiger charge is -2.19. The highest BCUT2D eigenvalue weighted by molar-refractivity contribution is 6.28. The van der Waals surface area contributed by atoms with Crippen LogP contribution in [-0.4, -0.2) is 0 Å². The van der Waals surface area contributed by atoms with Crippen molar-refractivity contribution in [3.05, 3.63) is 314 Å². The van der Waals surface area contributed by atoms with E-state index in [-0.39, 0.29) is 86.9 Å². The van der Waals surface area contributed by atoms with Crippen molar-refractivity contribution in [2.45, 2.75) is 0 Å². The van der Waals surface area contributed by atoms with Crippen LogP contribution < -0.4 is 0 Å². The smallest absolute Gasteiger partial charge is 0.0622 e. The molecule has 0 N–H and O–H groups in total. The third kappa shape index (κ3) is 7.76. The van der Waals surface area contributed by atoms with Gasteiger partial charge in [-0.15, -0.1) is 0 Å². The normalized spacial score (nSPS) is 19.1.